The summed E-state index contributed by atoms with van der Waals surface area (Å²) in [5.74, 6) is 0.492. The molecule has 126 valence electrons. The van der Waals surface area contributed by atoms with E-state index in [1.54, 1.807) is 18.2 Å². The van der Waals surface area contributed by atoms with Crippen molar-refractivity contribution in [3.63, 3.8) is 0 Å². The van der Waals surface area contributed by atoms with Crippen molar-refractivity contribution in [2.24, 2.45) is 0 Å². The van der Waals surface area contributed by atoms with Crippen LogP contribution in [-0.2, 0) is 6.18 Å². The molecule has 7 heteroatoms. The van der Waals surface area contributed by atoms with Crippen LogP contribution in [0.15, 0.2) is 54.4 Å². The van der Waals surface area contributed by atoms with Crippen molar-refractivity contribution in [3.05, 3.63) is 59.9 Å². The maximum absolute atomic E-state index is 12.8. The number of halogens is 3. The number of nitrogen functional groups attached to an aromatic ring is 1. The zero-order chi connectivity index (χ0) is 17.3. The third kappa shape index (κ3) is 3.40. The highest BCUT2D eigenvalue weighted by Crippen LogP contribution is 2.37. The molecule has 0 unspecified atom stereocenters. The summed E-state index contributed by atoms with van der Waals surface area (Å²) in [6.45, 7) is 2.47. The topological polar surface area (TPSA) is 50.5 Å². The summed E-state index contributed by atoms with van der Waals surface area (Å²) in [7, 11) is 0. The van der Waals surface area contributed by atoms with E-state index in [1.165, 1.54) is 12.1 Å². The van der Waals surface area contributed by atoms with E-state index in [0.717, 1.165) is 17.8 Å². The first-order valence-electron chi connectivity index (χ1n) is 7.26. The molecule has 0 atom stereocenters. The number of benzene rings is 2. The minimum Gasteiger partial charge on any atom is -0.455 e. The van der Waals surface area contributed by atoms with Gasteiger partial charge in [-0.3, -0.25) is 0 Å². The monoisotopic (exact) mass is 335 g/mol. The molecular weight excluding hydrogens is 319 g/mol. The predicted molar refractivity (Wildman–Crippen MR) is 86.6 cm³/mol. The number of alkyl halides is 3. The Labute approximate surface area is 137 Å². The molecule has 0 aliphatic carbocycles. The number of ether oxygens (including phenoxy) is 1. The maximum atomic E-state index is 12.8. The van der Waals surface area contributed by atoms with Gasteiger partial charge in [-0.15, -0.1) is 0 Å². The number of nitrogens with one attached hydrogen (secondary N) is 1. The van der Waals surface area contributed by atoms with Gasteiger partial charge in [0.15, 0.2) is 5.75 Å². The number of rotatable bonds is 3. The fraction of sp³-hybridized carbons (Fsp3) is 0.176. The number of anilines is 2. The molecule has 0 fully saturated rings. The summed E-state index contributed by atoms with van der Waals surface area (Å²) in [6.07, 6.45) is -2.53. The van der Waals surface area contributed by atoms with E-state index in [1.807, 2.05) is 18.0 Å². The van der Waals surface area contributed by atoms with Crippen molar-refractivity contribution in [2.75, 3.05) is 17.3 Å². The summed E-state index contributed by atoms with van der Waals surface area (Å²) < 4.78 is 44.2. The van der Waals surface area contributed by atoms with Crippen molar-refractivity contribution in [1.29, 1.82) is 0 Å². The number of hydrogen-bond acceptors (Lipinski definition) is 4. The lowest BCUT2D eigenvalue weighted by molar-refractivity contribution is -0.137. The Morgan fingerprint density at radius 2 is 1.96 bits per heavy atom. The van der Waals surface area contributed by atoms with E-state index >= 15 is 0 Å². The number of nitrogens with zero attached hydrogens (tertiary/aromatic N) is 1. The van der Waals surface area contributed by atoms with Crippen LogP contribution in [0.3, 0.4) is 0 Å². The minimum absolute atomic E-state index is 0.101. The van der Waals surface area contributed by atoms with Crippen LogP contribution in [0.4, 0.5) is 24.5 Å². The maximum Gasteiger partial charge on any atom is 0.416 e. The summed E-state index contributed by atoms with van der Waals surface area (Å²) in [5.41, 5.74) is 7.20. The van der Waals surface area contributed by atoms with Crippen LogP contribution in [0.25, 0.3) is 0 Å². The fourth-order valence-electron chi connectivity index (χ4n) is 2.40. The van der Waals surface area contributed by atoms with E-state index in [9.17, 15) is 13.2 Å². The average molecular weight is 335 g/mol. The highest BCUT2D eigenvalue weighted by molar-refractivity contribution is 5.67. The van der Waals surface area contributed by atoms with Gasteiger partial charge in [0.25, 0.3) is 0 Å². The average Bonchev–Trinajstić information content (AvgIpc) is 2.93. The SMILES string of the molecule is CC1=CN(c2ccc(N)cc2Oc2cccc(C(F)(F)F)c2)CN1. The van der Waals surface area contributed by atoms with Gasteiger partial charge in [0.05, 0.1) is 17.9 Å². The van der Waals surface area contributed by atoms with Crippen molar-refractivity contribution < 1.29 is 17.9 Å². The van der Waals surface area contributed by atoms with E-state index < -0.39 is 11.7 Å². The van der Waals surface area contributed by atoms with Gasteiger partial charge in [-0.1, -0.05) is 6.07 Å². The van der Waals surface area contributed by atoms with Gasteiger partial charge in [0.1, 0.15) is 5.75 Å². The van der Waals surface area contributed by atoms with Crippen LogP contribution in [-0.4, -0.2) is 6.67 Å². The predicted octanol–water partition coefficient (Wildman–Crippen LogP) is 4.31. The molecular formula is C17H16F3N3O. The quantitative estimate of drug-likeness (QED) is 0.821. The van der Waals surface area contributed by atoms with Crippen LogP contribution >= 0.6 is 0 Å². The second kappa shape index (κ2) is 5.99. The van der Waals surface area contributed by atoms with Crippen LogP contribution in [0, 0.1) is 0 Å². The first-order chi connectivity index (χ1) is 11.3. The molecule has 0 amide bonds. The molecule has 0 saturated carbocycles. The lowest BCUT2D eigenvalue weighted by Crippen LogP contribution is -2.20. The lowest BCUT2D eigenvalue weighted by atomic mass is 10.2. The van der Waals surface area contributed by atoms with Gasteiger partial charge in [0.2, 0.25) is 0 Å². The van der Waals surface area contributed by atoms with Crippen molar-refractivity contribution in [1.82, 2.24) is 5.32 Å². The fourth-order valence-corrected chi connectivity index (χ4v) is 2.40. The molecule has 1 aliphatic rings. The Balaban J connectivity index is 1.94. The molecule has 0 aromatic heterocycles. The molecule has 1 aliphatic heterocycles. The van der Waals surface area contributed by atoms with E-state index in [2.05, 4.69) is 5.32 Å². The number of nitrogens with two attached hydrogens (primary N) is 1. The standard InChI is InChI=1S/C17H16F3N3O/c1-11-9-23(10-22-11)15-6-5-13(21)8-16(15)24-14-4-2-3-12(7-14)17(18,19)20/h2-9,22H,10,21H2,1H3. The van der Waals surface area contributed by atoms with Gasteiger partial charge in [-0.05, 0) is 37.3 Å². The molecule has 2 aromatic rings. The molecule has 24 heavy (non-hydrogen) atoms. The Morgan fingerprint density at radius 1 is 1.17 bits per heavy atom. The Bertz CT molecular complexity index is 787. The molecule has 3 rings (SSSR count). The van der Waals surface area contributed by atoms with Crippen molar-refractivity contribution >= 4 is 11.4 Å². The summed E-state index contributed by atoms with van der Waals surface area (Å²) in [5, 5.41) is 3.15. The number of hydrogen-bond donors (Lipinski definition) is 2. The van der Waals surface area contributed by atoms with Crippen LogP contribution < -0.4 is 20.7 Å². The van der Waals surface area contributed by atoms with Crippen LogP contribution in [0.5, 0.6) is 11.5 Å². The molecule has 0 bridgehead atoms. The third-order valence-electron chi connectivity index (χ3n) is 3.56. The van der Waals surface area contributed by atoms with Gasteiger partial charge in [-0.25, -0.2) is 0 Å². The molecule has 0 saturated heterocycles. The zero-order valence-corrected chi connectivity index (χ0v) is 12.9. The third-order valence-corrected chi connectivity index (χ3v) is 3.56. The van der Waals surface area contributed by atoms with Crippen molar-refractivity contribution in [3.8, 4) is 11.5 Å². The highest BCUT2D eigenvalue weighted by atomic mass is 19.4. The minimum atomic E-state index is -4.42. The van der Waals surface area contributed by atoms with E-state index in [-0.39, 0.29) is 5.75 Å². The smallest absolute Gasteiger partial charge is 0.416 e. The summed E-state index contributed by atoms with van der Waals surface area (Å²) in [6, 6.07) is 9.85. The molecule has 0 radical (unpaired) electrons. The zero-order valence-electron chi connectivity index (χ0n) is 12.9. The van der Waals surface area contributed by atoms with E-state index in [0.29, 0.717) is 23.8 Å². The largest absolute Gasteiger partial charge is 0.455 e. The lowest BCUT2D eigenvalue weighted by Gasteiger charge is -2.20. The first-order valence-corrected chi connectivity index (χ1v) is 7.26. The Morgan fingerprint density at radius 3 is 2.62 bits per heavy atom. The first kappa shape index (κ1) is 16.0. The Kier molecular flexibility index (Phi) is 4.01. The molecule has 3 N–H and O–H groups in total. The normalized spacial score (nSPS) is 14.3. The molecule has 0 spiro atoms. The molecule has 2 aromatic carbocycles. The van der Waals surface area contributed by atoms with Gasteiger partial charge < -0.3 is 20.7 Å². The van der Waals surface area contributed by atoms with Gasteiger partial charge >= 0.3 is 6.18 Å². The van der Waals surface area contributed by atoms with Crippen LogP contribution in [0.1, 0.15) is 12.5 Å². The van der Waals surface area contributed by atoms with Crippen LogP contribution in [0.2, 0.25) is 0 Å². The van der Waals surface area contributed by atoms with Gasteiger partial charge in [-0.2, -0.15) is 13.2 Å². The van der Waals surface area contributed by atoms with Crippen molar-refractivity contribution in [2.45, 2.75) is 13.1 Å². The number of allylic oxidation sites excluding steroid dienone is 1. The molecule has 4 nitrogen and oxygen atoms in total. The second-order valence-electron chi connectivity index (χ2n) is 5.47. The van der Waals surface area contributed by atoms with E-state index in [4.69, 9.17) is 10.5 Å². The highest BCUT2D eigenvalue weighted by Gasteiger charge is 2.30. The summed E-state index contributed by atoms with van der Waals surface area (Å²) in [4.78, 5) is 1.90. The Hall–Kier alpha value is -2.83. The van der Waals surface area contributed by atoms with Gasteiger partial charge in [0, 0.05) is 23.7 Å². The molecule has 1 heterocycles. The second-order valence-corrected chi connectivity index (χ2v) is 5.47. The summed E-state index contributed by atoms with van der Waals surface area (Å²) >= 11 is 0.